The molecular formula is C11H15F3N2O2. The third-order valence-electron chi connectivity index (χ3n) is 3.28. The largest absolute Gasteiger partial charge is 0.481 e. The highest BCUT2D eigenvalue weighted by atomic mass is 19.4. The maximum atomic E-state index is 12.5. The number of aliphatic carboxylic acids is 1. The molecule has 102 valence electrons. The summed E-state index contributed by atoms with van der Waals surface area (Å²) in [4.78, 5) is 12.5. The summed E-state index contributed by atoms with van der Waals surface area (Å²) in [5, 5.41) is 17.6. The first kappa shape index (κ1) is 14.8. The highest BCUT2D eigenvalue weighted by Crippen LogP contribution is 2.32. The average molecular weight is 264 g/mol. The van der Waals surface area contributed by atoms with Crippen LogP contribution in [-0.2, 0) is 4.79 Å². The molecule has 0 aromatic heterocycles. The summed E-state index contributed by atoms with van der Waals surface area (Å²) in [6, 6.07) is 1.23. The number of hydrogen-bond donors (Lipinski definition) is 1. The second-order valence-electron chi connectivity index (χ2n) is 4.93. The molecule has 0 aromatic carbocycles. The molecule has 1 heterocycles. The van der Waals surface area contributed by atoms with E-state index in [2.05, 4.69) is 0 Å². The van der Waals surface area contributed by atoms with E-state index in [1.807, 2.05) is 0 Å². The SMILES string of the molecule is CC1(C(=O)O)CCCN(CC(C#N)C(F)(F)F)C1. The van der Waals surface area contributed by atoms with Crippen molar-refractivity contribution in [2.24, 2.45) is 11.3 Å². The molecule has 0 aromatic rings. The van der Waals surface area contributed by atoms with E-state index in [-0.39, 0.29) is 6.54 Å². The van der Waals surface area contributed by atoms with E-state index in [1.165, 1.54) is 17.9 Å². The molecule has 0 amide bonds. The topological polar surface area (TPSA) is 64.3 Å². The molecule has 4 nitrogen and oxygen atoms in total. The lowest BCUT2D eigenvalue weighted by atomic mass is 9.82. The Morgan fingerprint density at radius 2 is 2.22 bits per heavy atom. The Bertz CT molecular complexity index is 364. The predicted molar refractivity (Wildman–Crippen MR) is 56.6 cm³/mol. The van der Waals surface area contributed by atoms with Crippen LogP contribution in [0.25, 0.3) is 0 Å². The van der Waals surface area contributed by atoms with Crippen molar-refractivity contribution in [1.82, 2.24) is 4.90 Å². The summed E-state index contributed by atoms with van der Waals surface area (Å²) >= 11 is 0. The number of alkyl halides is 3. The Balaban J connectivity index is 2.69. The number of carboxylic acids is 1. The van der Waals surface area contributed by atoms with Gasteiger partial charge in [0.1, 0.15) is 0 Å². The Hall–Kier alpha value is -1.29. The van der Waals surface area contributed by atoms with E-state index in [4.69, 9.17) is 10.4 Å². The van der Waals surface area contributed by atoms with Crippen molar-refractivity contribution >= 4 is 5.97 Å². The highest BCUT2D eigenvalue weighted by molar-refractivity contribution is 5.74. The monoisotopic (exact) mass is 264 g/mol. The van der Waals surface area contributed by atoms with Crippen LogP contribution in [0.5, 0.6) is 0 Å². The lowest BCUT2D eigenvalue weighted by Gasteiger charge is -2.38. The molecule has 1 aliphatic rings. The van der Waals surface area contributed by atoms with Gasteiger partial charge in [0.15, 0.2) is 5.92 Å². The molecular weight excluding hydrogens is 249 g/mol. The van der Waals surface area contributed by atoms with Crippen molar-refractivity contribution < 1.29 is 23.1 Å². The van der Waals surface area contributed by atoms with Crippen molar-refractivity contribution in [3.8, 4) is 6.07 Å². The molecule has 0 aliphatic carbocycles. The first-order valence-corrected chi connectivity index (χ1v) is 5.61. The second kappa shape index (κ2) is 5.14. The zero-order valence-electron chi connectivity index (χ0n) is 10.00. The van der Waals surface area contributed by atoms with Crippen LogP contribution in [0.3, 0.4) is 0 Å². The molecule has 0 spiro atoms. The molecule has 1 fully saturated rings. The van der Waals surface area contributed by atoms with Crippen molar-refractivity contribution in [2.75, 3.05) is 19.6 Å². The minimum atomic E-state index is -4.56. The van der Waals surface area contributed by atoms with Crippen LogP contribution < -0.4 is 0 Å². The number of piperidine rings is 1. The lowest BCUT2D eigenvalue weighted by molar-refractivity contribution is -0.166. The Kier molecular flexibility index (Phi) is 4.22. The molecule has 0 radical (unpaired) electrons. The van der Waals surface area contributed by atoms with Crippen LogP contribution in [0.1, 0.15) is 19.8 Å². The maximum Gasteiger partial charge on any atom is 0.405 e. The first-order chi connectivity index (χ1) is 8.19. The van der Waals surface area contributed by atoms with E-state index in [9.17, 15) is 18.0 Å². The minimum absolute atomic E-state index is 0.0522. The summed E-state index contributed by atoms with van der Waals surface area (Å²) in [6.07, 6.45) is -3.59. The molecule has 1 aliphatic heterocycles. The van der Waals surface area contributed by atoms with Crippen LogP contribution in [-0.4, -0.2) is 41.8 Å². The van der Waals surface area contributed by atoms with E-state index < -0.39 is 30.0 Å². The maximum absolute atomic E-state index is 12.5. The Labute approximate surface area is 103 Å². The zero-order valence-corrected chi connectivity index (χ0v) is 10.00. The van der Waals surface area contributed by atoms with Gasteiger partial charge in [-0.15, -0.1) is 0 Å². The van der Waals surface area contributed by atoms with Gasteiger partial charge in [-0.3, -0.25) is 4.79 Å². The number of likely N-dealkylation sites (tertiary alicyclic amines) is 1. The number of nitriles is 1. The van der Waals surface area contributed by atoms with Gasteiger partial charge in [-0.25, -0.2) is 0 Å². The van der Waals surface area contributed by atoms with Gasteiger partial charge in [-0.1, -0.05) is 0 Å². The van der Waals surface area contributed by atoms with E-state index in [1.54, 1.807) is 0 Å². The van der Waals surface area contributed by atoms with Gasteiger partial charge < -0.3 is 10.0 Å². The van der Waals surface area contributed by atoms with Crippen molar-refractivity contribution in [2.45, 2.75) is 25.9 Å². The predicted octanol–water partition coefficient (Wildman–Crippen LogP) is 1.88. The molecule has 1 saturated heterocycles. The molecule has 7 heteroatoms. The Morgan fingerprint density at radius 3 is 2.67 bits per heavy atom. The summed E-state index contributed by atoms with van der Waals surface area (Å²) in [6.45, 7) is 1.52. The number of hydrogen-bond acceptors (Lipinski definition) is 3. The number of nitrogens with zero attached hydrogens (tertiary/aromatic N) is 2. The van der Waals surface area contributed by atoms with Gasteiger partial charge in [0.2, 0.25) is 0 Å². The van der Waals surface area contributed by atoms with Gasteiger partial charge in [0, 0.05) is 13.1 Å². The van der Waals surface area contributed by atoms with E-state index in [0.29, 0.717) is 19.4 Å². The van der Waals surface area contributed by atoms with Gasteiger partial charge in [0.05, 0.1) is 11.5 Å². The van der Waals surface area contributed by atoms with E-state index >= 15 is 0 Å². The van der Waals surface area contributed by atoms with Gasteiger partial charge in [0.25, 0.3) is 0 Å². The molecule has 0 bridgehead atoms. The van der Waals surface area contributed by atoms with Crippen LogP contribution in [0, 0.1) is 22.7 Å². The molecule has 0 saturated carbocycles. The van der Waals surface area contributed by atoms with Crippen LogP contribution in [0.4, 0.5) is 13.2 Å². The first-order valence-electron chi connectivity index (χ1n) is 5.61. The average Bonchev–Trinajstić information content (AvgIpc) is 2.24. The van der Waals surface area contributed by atoms with Gasteiger partial charge in [-0.05, 0) is 26.3 Å². The van der Waals surface area contributed by atoms with E-state index in [0.717, 1.165) is 0 Å². The standard InChI is InChI=1S/C11H15F3N2O2/c1-10(9(17)18)3-2-4-16(7-10)6-8(5-15)11(12,13)14/h8H,2-4,6-7H2,1H3,(H,17,18). The fraction of sp³-hybridized carbons (Fsp3) is 0.818. The smallest absolute Gasteiger partial charge is 0.405 e. The second-order valence-corrected chi connectivity index (χ2v) is 4.93. The molecule has 1 rings (SSSR count). The summed E-state index contributed by atoms with van der Waals surface area (Å²) in [7, 11) is 0. The fourth-order valence-corrected chi connectivity index (χ4v) is 2.15. The highest BCUT2D eigenvalue weighted by Gasteiger charge is 2.44. The van der Waals surface area contributed by atoms with Crippen LogP contribution in [0.15, 0.2) is 0 Å². The third kappa shape index (κ3) is 3.35. The Morgan fingerprint density at radius 1 is 1.61 bits per heavy atom. The number of carboxylic acid groups (broad SMARTS) is 1. The summed E-state index contributed by atoms with van der Waals surface area (Å²) in [5.41, 5.74) is -1.02. The van der Waals surface area contributed by atoms with Gasteiger partial charge in [-0.2, -0.15) is 18.4 Å². The van der Waals surface area contributed by atoms with Crippen molar-refractivity contribution in [3.63, 3.8) is 0 Å². The quantitative estimate of drug-likeness (QED) is 0.845. The molecule has 2 atom stereocenters. The third-order valence-corrected chi connectivity index (χ3v) is 3.28. The van der Waals surface area contributed by atoms with Gasteiger partial charge >= 0.3 is 12.1 Å². The summed E-state index contributed by atoms with van der Waals surface area (Å²) < 4.78 is 37.4. The lowest BCUT2D eigenvalue weighted by Crippen LogP contribution is -2.48. The summed E-state index contributed by atoms with van der Waals surface area (Å²) in [5.74, 6) is -3.07. The van der Waals surface area contributed by atoms with Crippen LogP contribution >= 0.6 is 0 Å². The molecule has 1 N–H and O–H groups in total. The van der Waals surface area contributed by atoms with Crippen molar-refractivity contribution in [1.29, 1.82) is 5.26 Å². The fourth-order valence-electron chi connectivity index (χ4n) is 2.15. The number of rotatable bonds is 3. The van der Waals surface area contributed by atoms with Crippen LogP contribution in [0.2, 0.25) is 0 Å². The minimum Gasteiger partial charge on any atom is -0.481 e. The number of carbonyl (C=O) groups is 1. The molecule has 18 heavy (non-hydrogen) atoms. The number of halogens is 3. The zero-order chi connectivity index (χ0) is 14.0. The normalized spacial score (nSPS) is 27.5. The molecule has 2 unspecified atom stereocenters. The van der Waals surface area contributed by atoms with Crippen molar-refractivity contribution in [3.05, 3.63) is 0 Å².